The normalized spacial score (nSPS) is 17.7. The number of anilines is 1. The van der Waals surface area contributed by atoms with Gasteiger partial charge in [0, 0.05) is 30.8 Å². The average Bonchev–Trinajstić information content (AvgIpc) is 3.52. The van der Waals surface area contributed by atoms with E-state index < -0.39 is 12.0 Å². The lowest BCUT2D eigenvalue weighted by atomic mass is 9.95. The fourth-order valence-electron chi connectivity index (χ4n) is 4.64. The van der Waals surface area contributed by atoms with Crippen molar-refractivity contribution < 1.29 is 28.2 Å². The van der Waals surface area contributed by atoms with Crippen LogP contribution in [0.5, 0.6) is 11.5 Å². The minimum absolute atomic E-state index is 0.186. The summed E-state index contributed by atoms with van der Waals surface area (Å²) in [7, 11) is 3.09. The summed E-state index contributed by atoms with van der Waals surface area (Å²) >= 11 is 1.23. The zero-order valence-electron chi connectivity index (χ0n) is 21.7. The molecule has 0 N–H and O–H groups in total. The number of morpholine rings is 1. The van der Waals surface area contributed by atoms with Gasteiger partial charge < -0.3 is 28.3 Å². The van der Waals surface area contributed by atoms with Gasteiger partial charge >= 0.3 is 5.97 Å². The molecule has 11 heteroatoms. The highest BCUT2D eigenvalue weighted by Crippen LogP contribution is 2.37. The van der Waals surface area contributed by atoms with Crippen LogP contribution in [0.2, 0.25) is 0 Å². The van der Waals surface area contributed by atoms with Gasteiger partial charge in [-0.15, -0.1) is 0 Å². The smallest absolute Gasteiger partial charge is 0.338 e. The number of allylic oxidation sites excluding steroid dienone is 1. The Bertz CT molecular complexity index is 1560. The number of hydrogen-bond donors (Lipinski definition) is 0. The Kier molecular flexibility index (Phi) is 7.39. The second-order valence-electron chi connectivity index (χ2n) is 8.69. The van der Waals surface area contributed by atoms with Crippen LogP contribution in [0.3, 0.4) is 0 Å². The van der Waals surface area contributed by atoms with Crippen LogP contribution in [0, 0.1) is 0 Å². The number of fused-ring (bicyclic) bond motifs is 1. The molecule has 0 amide bonds. The van der Waals surface area contributed by atoms with Crippen LogP contribution in [0.1, 0.15) is 31.2 Å². The molecule has 200 valence electrons. The molecule has 10 nitrogen and oxygen atoms in total. The summed E-state index contributed by atoms with van der Waals surface area (Å²) in [6, 6.07) is 8.17. The quantitative estimate of drug-likeness (QED) is 0.421. The topological polar surface area (TPSA) is 105 Å². The molecule has 2 aliphatic heterocycles. The van der Waals surface area contributed by atoms with Gasteiger partial charge in [-0.05, 0) is 38.1 Å². The van der Waals surface area contributed by atoms with E-state index in [4.69, 9.17) is 23.4 Å². The number of hydrogen-bond acceptors (Lipinski definition) is 10. The van der Waals surface area contributed by atoms with Gasteiger partial charge in [0.05, 0.1) is 49.8 Å². The minimum atomic E-state index is -0.821. The van der Waals surface area contributed by atoms with Crippen molar-refractivity contribution in [1.82, 2.24) is 4.57 Å². The molecule has 0 radical (unpaired) electrons. The Balaban J connectivity index is 1.66. The van der Waals surface area contributed by atoms with E-state index >= 15 is 0 Å². The fraction of sp³-hybridized carbons (Fsp3) is 0.370. The predicted octanol–water partition coefficient (Wildman–Crippen LogP) is 2.25. The number of carbonyl (C=O) groups excluding carboxylic acids is 1. The average molecular weight is 540 g/mol. The maximum absolute atomic E-state index is 13.9. The molecule has 0 bridgehead atoms. The number of furan rings is 1. The maximum Gasteiger partial charge on any atom is 0.338 e. The first kappa shape index (κ1) is 25.8. The third-order valence-corrected chi connectivity index (χ3v) is 7.44. The second-order valence-corrected chi connectivity index (χ2v) is 9.69. The highest BCUT2D eigenvalue weighted by atomic mass is 32.1. The van der Waals surface area contributed by atoms with Crippen molar-refractivity contribution in [1.29, 1.82) is 0 Å². The van der Waals surface area contributed by atoms with Gasteiger partial charge in [0.1, 0.15) is 23.3 Å². The molecule has 0 spiro atoms. The number of ether oxygens (including phenoxy) is 4. The van der Waals surface area contributed by atoms with Crippen molar-refractivity contribution in [2.75, 3.05) is 52.0 Å². The summed E-state index contributed by atoms with van der Waals surface area (Å²) in [5.41, 5.74) is 1.02. The van der Waals surface area contributed by atoms with Crippen LogP contribution in [0.4, 0.5) is 5.88 Å². The van der Waals surface area contributed by atoms with Gasteiger partial charge in [0.15, 0.2) is 10.7 Å². The Labute approximate surface area is 223 Å². The van der Waals surface area contributed by atoms with E-state index in [1.165, 1.54) is 15.9 Å². The standard InChI is InChI=1S/C27H29N3O7S/c1-5-36-26(32)23-16(2)28-27-30(24(23)19-14-17(33-3)6-8-20(19)34-4)25(31)21(38-27)15-18-7-9-22(37-18)29-10-12-35-13-11-29/h6-9,14-15,24H,5,10-13H2,1-4H3. The summed E-state index contributed by atoms with van der Waals surface area (Å²) in [5.74, 6) is 1.80. The molecule has 38 heavy (non-hydrogen) atoms. The van der Waals surface area contributed by atoms with Gasteiger partial charge in [-0.2, -0.15) is 0 Å². The van der Waals surface area contributed by atoms with Crippen LogP contribution in [-0.4, -0.2) is 57.7 Å². The third-order valence-electron chi connectivity index (χ3n) is 6.46. The zero-order valence-corrected chi connectivity index (χ0v) is 22.5. The third kappa shape index (κ3) is 4.74. The van der Waals surface area contributed by atoms with Crippen molar-refractivity contribution in [3.8, 4) is 11.5 Å². The van der Waals surface area contributed by atoms with Crippen molar-refractivity contribution in [3.63, 3.8) is 0 Å². The molecular formula is C27H29N3O7S. The van der Waals surface area contributed by atoms with Crippen LogP contribution >= 0.6 is 11.3 Å². The molecule has 4 heterocycles. The molecule has 1 saturated heterocycles. The summed E-state index contributed by atoms with van der Waals surface area (Å²) in [6.45, 7) is 6.44. The van der Waals surface area contributed by atoms with Crippen LogP contribution in [0.15, 0.2) is 55.8 Å². The van der Waals surface area contributed by atoms with Crippen LogP contribution in [0.25, 0.3) is 6.08 Å². The van der Waals surface area contributed by atoms with E-state index in [0.29, 0.717) is 51.1 Å². The van der Waals surface area contributed by atoms with Crippen LogP contribution in [-0.2, 0) is 14.3 Å². The highest BCUT2D eigenvalue weighted by Gasteiger charge is 2.35. The molecule has 1 atom stereocenters. The minimum Gasteiger partial charge on any atom is -0.497 e. The SMILES string of the molecule is CCOC(=O)C1=C(C)N=c2sc(=Cc3ccc(N4CCOCC4)o3)c(=O)n2C1c1cc(OC)ccc1OC. The number of methoxy groups -OCH3 is 2. The lowest BCUT2D eigenvalue weighted by Crippen LogP contribution is -2.40. The van der Waals surface area contributed by atoms with E-state index in [2.05, 4.69) is 9.89 Å². The molecule has 5 rings (SSSR count). The Hall–Kier alpha value is -3.83. The monoisotopic (exact) mass is 539 g/mol. The van der Waals surface area contributed by atoms with E-state index in [9.17, 15) is 9.59 Å². The van der Waals surface area contributed by atoms with Gasteiger partial charge in [0.2, 0.25) is 0 Å². The summed E-state index contributed by atoms with van der Waals surface area (Å²) in [5, 5.41) is 0. The molecule has 2 aromatic heterocycles. The molecular weight excluding hydrogens is 510 g/mol. The lowest BCUT2D eigenvalue weighted by molar-refractivity contribution is -0.139. The van der Waals surface area contributed by atoms with Crippen molar-refractivity contribution in [3.05, 3.63) is 72.6 Å². The Morgan fingerprint density at radius 2 is 1.97 bits per heavy atom. The van der Waals surface area contributed by atoms with Crippen molar-refractivity contribution >= 4 is 29.3 Å². The first-order valence-corrected chi connectivity index (χ1v) is 13.1. The largest absolute Gasteiger partial charge is 0.497 e. The second kappa shape index (κ2) is 10.9. The number of esters is 1. The van der Waals surface area contributed by atoms with Gasteiger partial charge in [-0.1, -0.05) is 11.3 Å². The van der Waals surface area contributed by atoms with Crippen LogP contribution < -0.4 is 29.3 Å². The molecule has 1 fully saturated rings. The molecule has 0 aliphatic carbocycles. The Morgan fingerprint density at radius 1 is 1.18 bits per heavy atom. The lowest BCUT2D eigenvalue weighted by Gasteiger charge is -2.26. The van der Waals surface area contributed by atoms with Crippen molar-refractivity contribution in [2.45, 2.75) is 19.9 Å². The number of thiazole rings is 1. The van der Waals surface area contributed by atoms with E-state index in [1.807, 2.05) is 12.1 Å². The number of benzene rings is 1. The molecule has 2 aliphatic rings. The highest BCUT2D eigenvalue weighted by molar-refractivity contribution is 7.07. The first-order valence-electron chi connectivity index (χ1n) is 12.3. The molecule has 3 aromatic rings. The van der Waals surface area contributed by atoms with E-state index in [1.54, 1.807) is 52.3 Å². The van der Waals surface area contributed by atoms with E-state index in [0.717, 1.165) is 19.0 Å². The summed E-state index contributed by atoms with van der Waals surface area (Å²) in [6.07, 6.45) is 1.71. The summed E-state index contributed by atoms with van der Waals surface area (Å²) < 4.78 is 29.8. The number of rotatable bonds is 7. The maximum atomic E-state index is 13.9. The zero-order chi connectivity index (χ0) is 26.8. The van der Waals surface area contributed by atoms with E-state index in [-0.39, 0.29) is 17.7 Å². The fourth-order valence-corrected chi connectivity index (χ4v) is 5.67. The first-order chi connectivity index (χ1) is 18.4. The molecule has 1 unspecified atom stereocenters. The number of nitrogens with zero attached hydrogens (tertiary/aromatic N) is 3. The summed E-state index contributed by atoms with van der Waals surface area (Å²) in [4.78, 5) is 34.2. The predicted molar refractivity (Wildman–Crippen MR) is 142 cm³/mol. The van der Waals surface area contributed by atoms with Gasteiger partial charge in [-0.3, -0.25) is 9.36 Å². The van der Waals surface area contributed by atoms with Gasteiger partial charge in [0.25, 0.3) is 5.56 Å². The number of aromatic nitrogens is 1. The Morgan fingerprint density at radius 3 is 2.68 bits per heavy atom. The van der Waals surface area contributed by atoms with Crippen molar-refractivity contribution in [2.24, 2.45) is 4.99 Å². The molecule has 0 saturated carbocycles. The number of carbonyl (C=O) groups is 1. The molecule has 1 aromatic carbocycles. The van der Waals surface area contributed by atoms with Gasteiger partial charge in [-0.25, -0.2) is 9.79 Å².